The van der Waals surface area contributed by atoms with Crippen LogP contribution < -0.4 is 5.32 Å². The molecule has 4 N–H and O–H groups in total. The fraction of sp³-hybridized carbons (Fsp3) is 0.450. The standard InChI is InChI=1S/C40H48F2N8O6/c1-22(2)34(48(4)40(54)55)38(52)50-21-28(42)17-32(50)36-44-20-30(46-36)27-14-10-25(11-15-27)24-8-12-26(13-9-24)29-19-43-35(45-29)31-7-6-16-49(31)37(51)33(23(3)18-41)47-39(53)56-5/h8-15,19-20,22-23,28,31-34H,6-7,16-18,21H2,1-5H3,(H,43,45)(H,44,46)(H,47,53)(H,54,55)/t23?,28-,31?,32-,33-,34-/m0/s1. The van der Waals surface area contributed by atoms with Crippen molar-refractivity contribution in [2.75, 3.05) is 33.9 Å². The average molecular weight is 775 g/mol. The van der Waals surface area contributed by atoms with Crippen LogP contribution in [-0.4, -0.2) is 116 Å². The lowest BCUT2D eigenvalue weighted by atomic mass is 10.0. The topological polar surface area (TPSA) is 177 Å². The SMILES string of the molecule is COC(=O)N[C@H](C(=O)N1CCCC1c1ncc(-c2ccc(-c3ccc(-c4cnc([C@@H]5C[C@H](F)CN5C(=O)[C@H](C(C)C)N(C)C(=O)O)[nH]4)cc3)cc2)[nH]1)C(C)CF. The van der Waals surface area contributed by atoms with Crippen molar-refractivity contribution >= 4 is 24.0 Å². The normalized spacial score (nSPS) is 19.8. The Bertz CT molecular complexity index is 2020. The Balaban J connectivity index is 1.12. The van der Waals surface area contributed by atoms with Gasteiger partial charge in [0.2, 0.25) is 11.8 Å². The van der Waals surface area contributed by atoms with E-state index < -0.39 is 55.0 Å². The lowest BCUT2D eigenvalue weighted by molar-refractivity contribution is -0.139. The molecule has 2 saturated heterocycles. The fourth-order valence-corrected chi connectivity index (χ4v) is 7.68. The van der Waals surface area contributed by atoms with E-state index in [0.717, 1.165) is 39.3 Å². The quantitative estimate of drug-likeness (QED) is 0.128. The second kappa shape index (κ2) is 16.9. The van der Waals surface area contributed by atoms with E-state index in [4.69, 9.17) is 0 Å². The molecule has 2 aliphatic rings. The van der Waals surface area contributed by atoms with Gasteiger partial charge in [0.05, 0.1) is 56.2 Å². The first-order valence-electron chi connectivity index (χ1n) is 18.7. The van der Waals surface area contributed by atoms with Crippen LogP contribution in [0.2, 0.25) is 0 Å². The van der Waals surface area contributed by atoms with Crippen molar-refractivity contribution in [3.05, 3.63) is 72.6 Å². The molecule has 2 unspecified atom stereocenters. The number of methoxy groups -OCH3 is 1. The number of alkyl halides is 2. The number of halogens is 2. The van der Waals surface area contributed by atoms with Gasteiger partial charge in [-0.3, -0.25) is 18.9 Å². The van der Waals surface area contributed by atoms with E-state index in [1.54, 1.807) is 38.1 Å². The number of carboxylic acid groups (broad SMARTS) is 1. The van der Waals surface area contributed by atoms with Crippen LogP contribution in [0, 0.1) is 11.8 Å². The minimum absolute atomic E-state index is 0.0609. The van der Waals surface area contributed by atoms with Crippen LogP contribution in [0.4, 0.5) is 18.4 Å². The highest BCUT2D eigenvalue weighted by molar-refractivity contribution is 5.87. The second-order valence-corrected chi connectivity index (χ2v) is 14.9. The number of carbonyl (C=O) groups is 4. The highest BCUT2D eigenvalue weighted by Gasteiger charge is 2.43. The summed E-state index contributed by atoms with van der Waals surface area (Å²) in [7, 11) is 2.54. The molecule has 6 rings (SSSR count). The Morgan fingerprint density at radius 2 is 1.43 bits per heavy atom. The molecule has 2 fully saturated rings. The van der Waals surface area contributed by atoms with Crippen LogP contribution in [0.1, 0.15) is 63.8 Å². The number of hydrogen-bond acceptors (Lipinski definition) is 7. The lowest BCUT2D eigenvalue weighted by Gasteiger charge is -2.33. The summed E-state index contributed by atoms with van der Waals surface area (Å²) >= 11 is 0. The van der Waals surface area contributed by atoms with Crippen molar-refractivity contribution in [3.63, 3.8) is 0 Å². The van der Waals surface area contributed by atoms with Crippen molar-refractivity contribution in [1.82, 2.24) is 40.0 Å². The minimum Gasteiger partial charge on any atom is -0.465 e. The van der Waals surface area contributed by atoms with E-state index in [2.05, 4.69) is 30.0 Å². The molecule has 4 heterocycles. The third kappa shape index (κ3) is 8.23. The predicted molar refractivity (Wildman–Crippen MR) is 204 cm³/mol. The maximum absolute atomic E-state index is 14.7. The second-order valence-electron chi connectivity index (χ2n) is 14.9. The zero-order chi connectivity index (χ0) is 40.3. The fourth-order valence-electron chi connectivity index (χ4n) is 7.68. The van der Waals surface area contributed by atoms with E-state index >= 15 is 0 Å². The van der Waals surface area contributed by atoms with E-state index in [1.807, 2.05) is 48.5 Å². The Hall–Kier alpha value is -5.80. The Morgan fingerprint density at radius 1 is 0.893 bits per heavy atom. The molecule has 56 heavy (non-hydrogen) atoms. The molecular formula is C40H48F2N8O6. The van der Waals surface area contributed by atoms with Crippen LogP contribution >= 0.6 is 0 Å². The number of alkyl carbamates (subject to hydrolysis) is 1. The van der Waals surface area contributed by atoms with Gasteiger partial charge < -0.3 is 34.9 Å². The highest BCUT2D eigenvalue weighted by Crippen LogP contribution is 2.36. The van der Waals surface area contributed by atoms with E-state index in [1.165, 1.54) is 19.1 Å². The number of amides is 4. The number of benzene rings is 2. The third-order valence-corrected chi connectivity index (χ3v) is 10.8. The lowest BCUT2D eigenvalue weighted by Crippen LogP contribution is -2.52. The first-order valence-corrected chi connectivity index (χ1v) is 18.7. The number of H-pyrrole nitrogens is 2. The van der Waals surface area contributed by atoms with Crippen molar-refractivity contribution in [3.8, 4) is 33.6 Å². The maximum atomic E-state index is 14.7. The number of ether oxygens (including phenoxy) is 1. The van der Waals surface area contributed by atoms with E-state index in [0.29, 0.717) is 30.3 Å². The molecule has 2 aromatic carbocycles. The molecule has 16 heteroatoms. The molecule has 0 bridgehead atoms. The van der Waals surface area contributed by atoms with Crippen LogP contribution in [-0.2, 0) is 14.3 Å². The summed E-state index contributed by atoms with van der Waals surface area (Å²) in [5, 5.41) is 12.0. The van der Waals surface area contributed by atoms with E-state index in [9.17, 15) is 33.1 Å². The Labute approximate surface area is 323 Å². The summed E-state index contributed by atoms with van der Waals surface area (Å²) in [5.41, 5.74) is 5.16. The molecule has 2 aliphatic heterocycles. The Morgan fingerprint density at radius 3 is 1.93 bits per heavy atom. The number of likely N-dealkylation sites (tertiary alicyclic amines) is 2. The van der Waals surface area contributed by atoms with Gasteiger partial charge in [0.15, 0.2) is 0 Å². The summed E-state index contributed by atoms with van der Waals surface area (Å²) in [6.07, 6.45) is 1.56. The smallest absolute Gasteiger partial charge is 0.407 e. The summed E-state index contributed by atoms with van der Waals surface area (Å²) in [4.78, 5) is 70.4. The maximum Gasteiger partial charge on any atom is 0.407 e. The van der Waals surface area contributed by atoms with Crippen molar-refractivity contribution < 1.29 is 37.8 Å². The van der Waals surface area contributed by atoms with Crippen molar-refractivity contribution in [2.45, 2.75) is 70.4 Å². The zero-order valence-electron chi connectivity index (χ0n) is 32.0. The summed E-state index contributed by atoms with van der Waals surface area (Å²) in [6.45, 7) is 4.64. The average Bonchev–Trinajstić information content (AvgIpc) is 4.03. The molecule has 14 nitrogen and oxygen atoms in total. The van der Waals surface area contributed by atoms with Gasteiger partial charge in [-0.05, 0) is 41.0 Å². The summed E-state index contributed by atoms with van der Waals surface area (Å²) in [5.74, 6) is -0.828. The van der Waals surface area contributed by atoms with Gasteiger partial charge in [-0.2, -0.15) is 0 Å². The summed E-state index contributed by atoms with van der Waals surface area (Å²) in [6, 6.07) is 12.8. The Kier molecular flexibility index (Phi) is 12.0. The highest BCUT2D eigenvalue weighted by atomic mass is 19.1. The number of rotatable bonds is 12. The number of imidazole rings is 2. The molecule has 298 valence electrons. The predicted octanol–water partition coefficient (Wildman–Crippen LogP) is 6.37. The largest absolute Gasteiger partial charge is 0.465 e. The molecule has 0 spiro atoms. The number of carbonyl (C=O) groups excluding carboxylic acids is 3. The van der Waals surface area contributed by atoms with Crippen molar-refractivity contribution in [2.24, 2.45) is 11.8 Å². The number of aromatic amines is 2. The molecule has 2 aromatic heterocycles. The summed E-state index contributed by atoms with van der Waals surface area (Å²) < 4.78 is 33.0. The van der Waals surface area contributed by atoms with Crippen LogP contribution in [0.15, 0.2) is 60.9 Å². The number of nitrogens with one attached hydrogen (secondary N) is 3. The van der Waals surface area contributed by atoms with Gasteiger partial charge in [-0.15, -0.1) is 0 Å². The first kappa shape index (κ1) is 39.9. The van der Waals surface area contributed by atoms with Gasteiger partial charge in [-0.25, -0.2) is 23.9 Å². The number of hydrogen-bond donors (Lipinski definition) is 4. The van der Waals surface area contributed by atoms with Gasteiger partial charge in [-0.1, -0.05) is 69.3 Å². The number of likely N-dealkylation sites (N-methyl/N-ethyl adjacent to an activating group) is 1. The van der Waals surface area contributed by atoms with Crippen LogP contribution in [0.25, 0.3) is 33.6 Å². The van der Waals surface area contributed by atoms with Crippen molar-refractivity contribution in [1.29, 1.82) is 0 Å². The minimum atomic E-state index is -1.26. The molecular weight excluding hydrogens is 726 g/mol. The number of aromatic nitrogens is 4. The molecule has 4 aromatic rings. The number of nitrogens with zero attached hydrogens (tertiary/aromatic N) is 5. The van der Waals surface area contributed by atoms with Gasteiger partial charge in [0, 0.05) is 25.9 Å². The molecule has 0 aliphatic carbocycles. The monoisotopic (exact) mass is 774 g/mol. The van der Waals surface area contributed by atoms with E-state index in [-0.39, 0.29) is 30.8 Å². The van der Waals surface area contributed by atoms with Crippen LogP contribution in [0.3, 0.4) is 0 Å². The molecule has 6 atom stereocenters. The van der Waals surface area contributed by atoms with Crippen LogP contribution in [0.5, 0.6) is 0 Å². The van der Waals surface area contributed by atoms with Gasteiger partial charge in [0.1, 0.15) is 29.9 Å². The van der Waals surface area contributed by atoms with Gasteiger partial charge >= 0.3 is 12.2 Å². The molecule has 0 saturated carbocycles. The van der Waals surface area contributed by atoms with Gasteiger partial charge in [0.25, 0.3) is 0 Å². The zero-order valence-corrected chi connectivity index (χ0v) is 32.0. The first-order chi connectivity index (χ1) is 26.8. The third-order valence-electron chi connectivity index (χ3n) is 10.8. The molecule has 0 radical (unpaired) electrons. The molecule has 4 amide bonds.